The van der Waals surface area contributed by atoms with Gasteiger partial charge in [-0.15, -0.1) is 0 Å². The van der Waals surface area contributed by atoms with E-state index in [0.29, 0.717) is 0 Å². The van der Waals surface area contributed by atoms with E-state index < -0.39 is 6.16 Å². The van der Waals surface area contributed by atoms with Gasteiger partial charge in [0.1, 0.15) is 0 Å². The van der Waals surface area contributed by atoms with Crippen LogP contribution in [0.1, 0.15) is 0 Å². The first-order chi connectivity index (χ1) is 1.73. The third-order valence-corrected chi connectivity index (χ3v) is 0. The van der Waals surface area contributed by atoms with Crippen molar-refractivity contribution in [3.8, 4) is 0 Å². The summed E-state index contributed by atoms with van der Waals surface area (Å²) in [5.41, 5.74) is 0. The van der Waals surface area contributed by atoms with E-state index in [4.69, 9.17) is 15.0 Å². The van der Waals surface area contributed by atoms with E-state index in [-0.39, 0.29) is 36.1 Å². The Kier molecular flexibility index (Phi) is 24.3. The van der Waals surface area contributed by atoms with Crippen molar-refractivity contribution in [2.24, 2.45) is 0 Å². The van der Waals surface area contributed by atoms with Crippen LogP contribution in [-0.4, -0.2) is 42.6 Å². The molecule has 0 aliphatic rings. The molecule has 6 heavy (non-hydrogen) atoms. The average molecular weight is 308 g/mol. The minimum atomic E-state index is -1.83. The van der Waals surface area contributed by atoms with Gasteiger partial charge in [0.15, 0.2) is 0 Å². The predicted molar refractivity (Wildman–Crippen MR) is 31.7 cm³/mol. The molecule has 0 spiro atoms. The van der Waals surface area contributed by atoms with E-state index in [1.165, 1.54) is 0 Å². The summed E-state index contributed by atoms with van der Waals surface area (Å²) in [7, 11) is 0. The van der Waals surface area contributed by atoms with Gasteiger partial charge in [-0.3, -0.25) is 0 Å². The van der Waals surface area contributed by atoms with E-state index >= 15 is 0 Å². The zero-order valence-corrected chi connectivity index (χ0v) is 10.1. The van der Waals surface area contributed by atoms with Crippen molar-refractivity contribution in [2.45, 2.75) is 0 Å². The molecule has 3 nitrogen and oxygen atoms in total. The fourth-order valence-corrected chi connectivity index (χ4v) is 0. The molecule has 0 fully saturated rings. The summed E-state index contributed by atoms with van der Waals surface area (Å²) in [5, 5.41) is 13.9. The molecule has 0 saturated carbocycles. The Morgan fingerprint density at radius 1 is 1.33 bits per heavy atom. The molecule has 1 atom stereocenters. The third kappa shape index (κ3) is 173. The molecule has 0 aromatic heterocycles. The van der Waals surface area contributed by atoms with Crippen LogP contribution in [0.25, 0.3) is 0 Å². The van der Waals surface area contributed by atoms with Crippen molar-refractivity contribution < 1.29 is 15.0 Å². The van der Waals surface area contributed by atoms with Crippen LogP contribution in [0.2, 0.25) is 0 Å². The van der Waals surface area contributed by atoms with Crippen molar-refractivity contribution in [3.63, 3.8) is 0 Å². The molecule has 0 bridgehead atoms. The zero-order chi connectivity index (χ0) is 3.58. The van der Waals surface area contributed by atoms with Crippen molar-refractivity contribution >= 4 is 42.3 Å². The molecule has 1 unspecified atom stereocenters. The molecule has 0 rings (SSSR count). The van der Waals surface area contributed by atoms with Gasteiger partial charge in [0, 0.05) is 0 Å². The maximum absolute atomic E-state index is 8.56. The Morgan fingerprint density at radius 2 is 1.33 bits per heavy atom. The molecule has 0 radical (unpaired) electrons. The summed E-state index contributed by atoms with van der Waals surface area (Å²) in [6.07, 6.45) is -1.83. The molecular weight excluding hydrogens is 300 g/mol. The Hall–Kier alpha value is 0.583. The second-order valence-corrected chi connectivity index (χ2v) is 0.283. The first-order valence-corrected chi connectivity index (χ1v) is 0.651. The van der Waals surface area contributed by atoms with Crippen molar-refractivity contribution in [2.75, 3.05) is 0 Å². The number of hydrogen-bond acceptors (Lipinski definition) is 1. The zero-order valence-electron chi connectivity index (χ0n) is 3.22. The van der Waals surface area contributed by atoms with Gasteiger partial charge in [0.25, 0.3) is 0 Å². The first-order valence-electron chi connectivity index (χ1n) is 0.651. The van der Waals surface area contributed by atoms with Gasteiger partial charge in [0.2, 0.25) is 0 Å². The van der Waals surface area contributed by atoms with Crippen LogP contribution in [-0.2, 0) is 0 Å². The second-order valence-electron chi connectivity index (χ2n) is 0.283. The molecule has 0 saturated heterocycles. The molecule has 5 heteroatoms. The summed E-state index contributed by atoms with van der Waals surface area (Å²) < 4.78 is 0. The number of carbonyl (C=O) groups is 1. The molecule has 0 aromatic rings. The molecule has 0 heterocycles. The van der Waals surface area contributed by atoms with E-state index in [1.54, 1.807) is 0 Å². The van der Waals surface area contributed by atoms with Gasteiger partial charge in [-0.05, 0) is 0 Å². The van der Waals surface area contributed by atoms with Gasteiger partial charge < -0.3 is 10.2 Å². The Balaban J connectivity index is -0.0000000450. The molecule has 0 amide bonds. The Morgan fingerprint density at radius 3 is 1.33 bits per heavy atom. The standard InChI is InChI=1S/CH2O3.Bi.H3P.3H/c2-1(3)4;;;;;/h(H2,2,3,4);;1H3;;;. The monoisotopic (exact) mass is 308 g/mol. The van der Waals surface area contributed by atoms with Crippen LogP contribution in [0.3, 0.4) is 0 Å². The average Bonchev–Trinajstić information content (AvgIpc) is 0.811. The Bertz CT molecular complexity index is 33.8. The molecule has 0 aliphatic carbocycles. The van der Waals surface area contributed by atoms with Gasteiger partial charge in [0.05, 0.1) is 0 Å². The molecule has 2 N–H and O–H groups in total. The van der Waals surface area contributed by atoms with Crippen LogP contribution in [0.15, 0.2) is 0 Å². The summed E-state index contributed by atoms with van der Waals surface area (Å²) in [4.78, 5) is 8.56. The molecular formula is CH8BiO3P. The van der Waals surface area contributed by atoms with Crippen LogP contribution in [0, 0.1) is 0 Å². The molecule has 0 aromatic carbocycles. The predicted octanol–water partition coefficient (Wildman–Crippen LogP) is -0.903. The topological polar surface area (TPSA) is 57.5 Å². The van der Waals surface area contributed by atoms with E-state index in [9.17, 15) is 0 Å². The van der Waals surface area contributed by atoms with Crippen molar-refractivity contribution in [3.05, 3.63) is 0 Å². The van der Waals surface area contributed by atoms with Gasteiger partial charge in [-0.2, -0.15) is 9.90 Å². The molecule has 40 valence electrons. The van der Waals surface area contributed by atoms with Gasteiger partial charge in [-0.25, -0.2) is 4.79 Å². The third-order valence-electron chi connectivity index (χ3n) is 0. The van der Waals surface area contributed by atoms with E-state index in [0.717, 1.165) is 0 Å². The van der Waals surface area contributed by atoms with Crippen LogP contribution in [0.5, 0.6) is 0 Å². The Labute approximate surface area is 57.5 Å². The van der Waals surface area contributed by atoms with Gasteiger partial charge in [-0.1, -0.05) is 0 Å². The van der Waals surface area contributed by atoms with E-state index in [2.05, 4.69) is 0 Å². The first kappa shape index (κ1) is 16.0. The number of rotatable bonds is 0. The fraction of sp³-hybridized carbons (Fsp3) is 0. The minimum absolute atomic E-state index is 0. The second kappa shape index (κ2) is 9.13. The fourth-order valence-electron chi connectivity index (χ4n) is 0. The van der Waals surface area contributed by atoms with Crippen LogP contribution < -0.4 is 0 Å². The summed E-state index contributed by atoms with van der Waals surface area (Å²) in [5.74, 6) is 0. The van der Waals surface area contributed by atoms with Crippen molar-refractivity contribution in [1.29, 1.82) is 0 Å². The van der Waals surface area contributed by atoms with Crippen LogP contribution >= 0.6 is 9.90 Å². The maximum atomic E-state index is 8.56. The quantitative estimate of drug-likeness (QED) is 0.450. The van der Waals surface area contributed by atoms with Crippen LogP contribution in [0.4, 0.5) is 4.79 Å². The number of hydrogen-bond donors (Lipinski definition) is 2. The van der Waals surface area contributed by atoms with Gasteiger partial charge >= 0.3 is 32.4 Å². The number of carboxylic acid groups (broad SMARTS) is 2. The molecule has 0 aliphatic heterocycles. The summed E-state index contributed by atoms with van der Waals surface area (Å²) in [6.45, 7) is 0. The summed E-state index contributed by atoms with van der Waals surface area (Å²) in [6, 6.07) is 0. The SMILES string of the molecule is O=C(O)O.P.[BiH3]. The normalized spacial score (nSPS) is 4.00. The van der Waals surface area contributed by atoms with Crippen molar-refractivity contribution in [1.82, 2.24) is 0 Å². The summed E-state index contributed by atoms with van der Waals surface area (Å²) >= 11 is 0. The van der Waals surface area contributed by atoms with E-state index in [1.807, 2.05) is 0 Å².